The molecule has 0 rings (SSSR count). The summed E-state index contributed by atoms with van der Waals surface area (Å²) in [6.45, 7) is 5.00. The van der Waals surface area contributed by atoms with E-state index in [-0.39, 0.29) is 18.5 Å². The Morgan fingerprint density at radius 1 is 0.338 bits per heavy atom. The monoisotopic (exact) mass is 1130 g/mol. The van der Waals surface area contributed by atoms with Crippen molar-refractivity contribution in [1.82, 2.24) is 5.32 Å². The maximum absolute atomic E-state index is 12.5. The van der Waals surface area contributed by atoms with E-state index in [1.165, 1.54) is 353 Å². The molecule has 3 N–H and O–H groups in total. The van der Waals surface area contributed by atoms with Gasteiger partial charge < -0.3 is 20.3 Å². The van der Waals surface area contributed by atoms with Gasteiger partial charge in [-0.15, -0.1) is 0 Å². The van der Waals surface area contributed by atoms with E-state index in [0.29, 0.717) is 25.9 Å². The van der Waals surface area contributed by atoms with Crippen LogP contribution in [-0.4, -0.2) is 47.4 Å². The molecule has 0 saturated heterocycles. The van der Waals surface area contributed by atoms with Gasteiger partial charge in [-0.2, -0.15) is 0 Å². The van der Waals surface area contributed by atoms with E-state index < -0.39 is 12.1 Å². The Labute approximate surface area is 501 Å². The van der Waals surface area contributed by atoms with Gasteiger partial charge in [0.05, 0.1) is 25.4 Å². The minimum Gasteiger partial charge on any atom is -0.466 e. The van der Waals surface area contributed by atoms with Crippen molar-refractivity contribution < 1.29 is 24.5 Å². The van der Waals surface area contributed by atoms with E-state index >= 15 is 0 Å². The van der Waals surface area contributed by atoms with E-state index in [2.05, 4.69) is 31.3 Å². The molecule has 0 bridgehead atoms. The minimum absolute atomic E-state index is 0.0221. The number of rotatable bonds is 70. The number of allylic oxidation sites excluding steroid dienone is 2. The largest absolute Gasteiger partial charge is 0.466 e. The Kier molecular flexibility index (Phi) is 68.9. The quantitative estimate of drug-likeness (QED) is 0.0320. The molecule has 0 heterocycles. The Balaban J connectivity index is 3.33. The molecule has 0 aliphatic rings. The molecule has 0 aromatic carbocycles. The van der Waals surface area contributed by atoms with Crippen molar-refractivity contribution in [2.75, 3.05) is 13.2 Å². The molecule has 0 aromatic heterocycles. The van der Waals surface area contributed by atoms with Gasteiger partial charge in [-0.3, -0.25) is 9.59 Å². The number of hydrogen-bond donors (Lipinski definition) is 3. The lowest BCUT2D eigenvalue weighted by atomic mass is 10.0. The van der Waals surface area contributed by atoms with Gasteiger partial charge in [-0.25, -0.2) is 0 Å². The van der Waals surface area contributed by atoms with Crippen LogP contribution in [0.5, 0.6) is 0 Å². The highest BCUT2D eigenvalue weighted by Gasteiger charge is 2.20. The second kappa shape index (κ2) is 70.1. The summed E-state index contributed by atoms with van der Waals surface area (Å²) in [5.41, 5.74) is 0. The van der Waals surface area contributed by atoms with Crippen LogP contribution in [-0.2, 0) is 14.3 Å². The van der Waals surface area contributed by atoms with E-state index in [0.717, 1.165) is 38.5 Å². The summed E-state index contributed by atoms with van der Waals surface area (Å²) in [5, 5.41) is 23.4. The van der Waals surface area contributed by atoms with Gasteiger partial charge in [0, 0.05) is 12.8 Å². The van der Waals surface area contributed by atoms with Crippen LogP contribution in [0, 0.1) is 0 Å². The first-order chi connectivity index (χ1) is 39.5. The number of amides is 1. The third kappa shape index (κ3) is 65.7. The van der Waals surface area contributed by atoms with Crippen molar-refractivity contribution in [3.8, 4) is 0 Å². The fraction of sp³-hybridized carbons (Fsp3) is 0.946. The number of ether oxygens (including phenoxy) is 1. The van der Waals surface area contributed by atoms with Crippen molar-refractivity contribution in [3.05, 3.63) is 12.2 Å². The maximum atomic E-state index is 12.5. The summed E-state index contributed by atoms with van der Waals surface area (Å²) in [5.74, 6) is -0.00627. The molecule has 2 unspecified atom stereocenters. The fourth-order valence-corrected chi connectivity index (χ4v) is 11.9. The summed E-state index contributed by atoms with van der Waals surface area (Å²) in [6, 6.07) is -0.539. The van der Waals surface area contributed by atoms with Crippen molar-refractivity contribution in [2.45, 2.75) is 437 Å². The molecule has 0 aliphatic carbocycles. The van der Waals surface area contributed by atoms with E-state index in [1.807, 2.05) is 0 Å². The molecule has 476 valence electrons. The Hall–Kier alpha value is -1.40. The zero-order valence-corrected chi connectivity index (χ0v) is 54.6. The standard InChI is InChI=1S/C74H145NO5/c1-3-5-7-9-11-13-15-17-19-39-42-46-50-54-58-62-66-72(77)71(70-76)75-73(78)67-63-59-55-51-47-43-40-36-34-32-30-28-26-24-22-20-21-23-25-27-29-31-33-35-37-41-45-49-53-57-61-65-69-80-74(79)68-64-60-56-52-48-44-38-18-16-14-12-10-8-6-4-2/h23,25,71-72,76-77H,3-22,24,26-70H2,1-2H3,(H,75,78)/b25-23-. The van der Waals surface area contributed by atoms with Gasteiger partial charge >= 0.3 is 5.97 Å². The summed E-state index contributed by atoms with van der Waals surface area (Å²) < 4.78 is 5.50. The average molecular weight is 1130 g/mol. The molecule has 0 fully saturated rings. The van der Waals surface area contributed by atoms with Crippen molar-refractivity contribution >= 4 is 11.9 Å². The van der Waals surface area contributed by atoms with E-state index in [4.69, 9.17) is 4.74 Å². The average Bonchev–Trinajstić information content (AvgIpc) is 3.46. The van der Waals surface area contributed by atoms with Gasteiger partial charge in [-0.1, -0.05) is 373 Å². The highest BCUT2D eigenvalue weighted by atomic mass is 16.5. The molecular weight excluding hydrogens is 983 g/mol. The maximum Gasteiger partial charge on any atom is 0.305 e. The third-order valence-corrected chi connectivity index (χ3v) is 17.6. The highest BCUT2D eigenvalue weighted by Crippen LogP contribution is 2.19. The minimum atomic E-state index is -0.662. The zero-order valence-electron chi connectivity index (χ0n) is 54.6. The normalized spacial score (nSPS) is 12.5. The first-order valence-electron chi connectivity index (χ1n) is 36.9. The smallest absolute Gasteiger partial charge is 0.305 e. The van der Waals surface area contributed by atoms with Gasteiger partial charge in [0.1, 0.15) is 0 Å². The third-order valence-electron chi connectivity index (χ3n) is 17.6. The lowest BCUT2D eigenvalue weighted by Crippen LogP contribution is -2.45. The highest BCUT2D eigenvalue weighted by molar-refractivity contribution is 5.76. The summed E-state index contributed by atoms with van der Waals surface area (Å²) >= 11 is 0. The molecule has 6 heteroatoms. The van der Waals surface area contributed by atoms with Gasteiger partial charge in [0.2, 0.25) is 5.91 Å². The molecule has 1 amide bonds. The lowest BCUT2D eigenvalue weighted by Gasteiger charge is -2.22. The van der Waals surface area contributed by atoms with E-state index in [1.54, 1.807) is 0 Å². The predicted molar refractivity (Wildman–Crippen MR) is 352 cm³/mol. The molecule has 0 aromatic rings. The predicted octanol–water partition coefficient (Wildman–Crippen LogP) is 23.9. The van der Waals surface area contributed by atoms with Crippen molar-refractivity contribution in [2.24, 2.45) is 0 Å². The number of aliphatic hydroxyl groups excluding tert-OH is 2. The van der Waals surface area contributed by atoms with Crippen LogP contribution in [0.4, 0.5) is 0 Å². The van der Waals surface area contributed by atoms with Crippen LogP contribution in [0.3, 0.4) is 0 Å². The molecule has 0 aliphatic heterocycles. The first kappa shape index (κ1) is 78.6. The first-order valence-corrected chi connectivity index (χ1v) is 36.9. The number of carbonyl (C=O) groups is 2. The Bertz CT molecular complexity index is 1210. The molecular formula is C74H145NO5. The van der Waals surface area contributed by atoms with Crippen molar-refractivity contribution in [1.29, 1.82) is 0 Å². The summed E-state index contributed by atoms with van der Waals surface area (Å²) in [7, 11) is 0. The number of hydrogen-bond acceptors (Lipinski definition) is 5. The molecule has 0 radical (unpaired) electrons. The summed E-state index contributed by atoms with van der Waals surface area (Å²) in [6.07, 6.45) is 87.1. The fourth-order valence-electron chi connectivity index (χ4n) is 11.9. The molecule has 0 saturated carbocycles. The van der Waals surface area contributed by atoms with Gasteiger partial charge in [0.25, 0.3) is 0 Å². The van der Waals surface area contributed by atoms with E-state index in [9.17, 15) is 19.8 Å². The van der Waals surface area contributed by atoms with Crippen LogP contribution >= 0.6 is 0 Å². The Morgan fingerprint density at radius 3 is 0.887 bits per heavy atom. The van der Waals surface area contributed by atoms with Gasteiger partial charge in [0.15, 0.2) is 0 Å². The van der Waals surface area contributed by atoms with Crippen LogP contribution in [0.2, 0.25) is 0 Å². The molecule has 80 heavy (non-hydrogen) atoms. The molecule has 0 spiro atoms. The second-order valence-electron chi connectivity index (χ2n) is 25.6. The number of esters is 1. The second-order valence-corrected chi connectivity index (χ2v) is 25.6. The van der Waals surface area contributed by atoms with Crippen molar-refractivity contribution in [3.63, 3.8) is 0 Å². The Morgan fingerprint density at radius 2 is 0.588 bits per heavy atom. The molecule has 2 atom stereocenters. The SMILES string of the molecule is CCCCCCCCCCCCCCCCCCC(O)C(CO)NC(=O)CCCCCCCCCCCCCCCCCC/C=C\CCCCCCCCCCCCCCOC(=O)CCCCCCCCCCCCCCCCC. The van der Waals surface area contributed by atoms with Crippen LogP contribution in [0.1, 0.15) is 425 Å². The lowest BCUT2D eigenvalue weighted by molar-refractivity contribution is -0.143. The topological polar surface area (TPSA) is 95.9 Å². The number of unbranched alkanes of at least 4 members (excludes halogenated alkanes) is 57. The van der Waals surface area contributed by atoms with Crippen LogP contribution < -0.4 is 5.32 Å². The number of carbonyl (C=O) groups excluding carboxylic acids is 2. The number of aliphatic hydroxyl groups is 2. The van der Waals surface area contributed by atoms with Crippen LogP contribution in [0.25, 0.3) is 0 Å². The van der Waals surface area contributed by atoms with Gasteiger partial charge in [-0.05, 0) is 51.4 Å². The number of nitrogens with one attached hydrogen (secondary N) is 1. The van der Waals surface area contributed by atoms with Crippen LogP contribution in [0.15, 0.2) is 12.2 Å². The molecule has 6 nitrogen and oxygen atoms in total. The summed E-state index contributed by atoms with van der Waals surface area (Å²) in [4.78, 5) is 24.6. The zero-order chi connectivity index (χ0) is 57.8.